The van der Waals surface area contributed by atoms with E-state index in [-0.39, 0.29) is 11.3 Å². The number of esters is 1. The first-order valence-corrected chi connectivity index (χ1v) is 5.24. The van der Waals surface area contributed by atoms with Crippen LogP contribution in [0.3, 0.4) is 0 Å². The molecule has 96 valence electrons. The summed E-state index contributed by atoms with van der Waals surface area (Å²) < 4.78 is 4.25. The van der Waals surface area contributed by atoms with Crippen molar-refractivity contribution in [2.45, 2.75) is 6.92 Å². The summed E-state index contributed by atoms with van der Waals surface area (Å²) in [5.41, 5.74) is 5.85. The molecular weight excluding hydrogens is 260 g/mol. The van der Waals surface area contributed by atoms with Gasteiger partial charge in [-0.2, -0.15) is 0 Å². The third-order valence-corrected chi connectivity index (χ3v) is 2.39. The third-order valence-electron chi connectivity index (χ3n) is 2.18. The lowest BCUT2D eigenvalue weighted by molar-refractivity contribution is -0.150. The van der Waals surface area contributed by atoms with Crippen LogP contribution in [0.25, 0.3) is 0 Å². The van der Waals surface area contributed by atoms with Crippen LogP contribution in [0, 0.1) is 6.92 Å². The molecule has 0 aliphatic heterocycles. The molecule has 0 unspecified atom stereocenters. The van der Waals surface area contributed by atoms with Gasteiger partial charge in [-0.15, -0.1) is 0 Å². The number of carbonyl (C=O) groups is 3. The van der Waals surface area contributed by atoms with Gasteiger partial charge in [0.25, 0.3) is 5.91 Å². The molecule has 0 spiro atoms. The first-order chi connectivity index (χ1) is 8.36. The second-order valence-corrected chi connectivity index (χ2v) is 3.89. The van der Waals surface area contributed by atoms with Gasteiger partial charge in [0.05, 0.1) is 18.4 Å². The van der Waals surface area contributed by atoms with Gasteiger partial charge in [0, 0.05) is 5.02 Å². The van der Waals surface area contributed by atoms with Crippen molar-refractivity contribution in [1.29, 1.82) is 0 Å². The normalized spacial score (nSPS) is 9.72. The Labute approximate surface area is 108 Å². The van der Waals surface area contributed by atoms with Crippen molar-refractivity contribution in [2.24, 2.45) is 5.73 Å². The van der Waals surface area contributed by atoms with Crippen LogP contribution in [0.15, 0.2) is 12.1 Å². The van der Waals surface area contributed by atoms with E-state index in [1.54, 1.807) is 6.92 Å². The molecule has 3 N–H and O–H groups in total. The molecule has 18 heavy (non-hydrogen) atoms. The Hall–Kier alpha value is -2.08. The largest absolute Gasteiger partial charge is 0.462 e. The van der Waals surface area contributed by atoms with Crippen LogP contribution >= 0.6 is 11.6 Å². The van der Waals surface area contributed by atoms with Gasteiger partial charge in [-0.05, 0) is 24.6 Å². The number of rotatable bonds is 2. The highest BCUT2D eigenvalue weighted by atomic mass is 35.5. The molecule has 1 aromatic carbocycles. The smallest absolute Gasteiger partial charge is 0.396 e. The molecule has 0 aliphatic rings. The van der Waals surface area contributed by atoms with Crippen molar-refractivity contribution in [2.75, 3.05) is 12.4 Å². The number of methoxy groups -OCH3 is 1. The van der Waals surface area contributed by atoms with Gasteiger partial charge >= 0.3 is 11.9 Å². The Bertz CT molecular complexity index is 528. The summed E-state index contributed by atoms with van der Waals surface area (Å²) >= 11 is 5.78. The van der Waals surface area contributed by atoms with Gasteiger partial charge in [0.15, 0.2) is 0 Å². The molecule has 2 amide bonds. The number of anilines is 1. The van der Waals surface area contributed by atoms with Crippen molar-refractivity contribution in [3.8, 4) is 0 Å². The number of benzene rings is 1. The van der Waals surface area contributed by atoms with Crippen molar-refractivity contribution < 1.29 is 19.1 Å². The molecule has 0 saturated carbocycles. The minimum absolute atomic E-state index is 0.0252. The van der Waals surface area contributed by atoms with Crippen LogP contribution in [0.1, 0.15) is 15.9 Å². The number of amides is 2. The number of nitrogens with two attached hydrogens (primary N) is 1. The molecular formula is C11H11ClN2O4. The molecule has 0 aliphatic carbocycles. The summed E-state index contributed by atoms with van der Waals surface area (Å²) in [5.74, 6) is -2.83. The van der Waals surface area contributed by atoms with E-state index in [1.165, 1.54) is 12.1 Å². The van der Waals surface area contributed by atoms with Crippen LogP contribution in [-0.2, 0) is 14.3 Å². The molecule has 6 nitrogen and oxygen atoms in total. The van der Waals surface area contributed by atoms with Gasteiger partial charge < -0.3 is 15.8 Å². The lowest BCUT2D eigenvalue weighted by Gasteiger charge is -2.11. The van der Waals surface area contributed by atoms with E-state index < -0.39 is 17.8 Å². The summed E-state index contributed by atoms with van der Waals surface area (Å²) in [5, 5.41) is 2.57. The lowest BCUT2D eigenvalue weighted by Crippen LogP contribution is -2.26. The predicted molar refractivity (Wildman–Crippen MR) is 65.4 cm³/mol. The van der Waals surface area contributed by atoms with Gasteiger partial charge in [0.2, 0.25) is 0 Å². The van der Waals surface area contributed by atoms with E-state index in [2.05, 4.69) is 10.1 Å². The van der Waals surface area contributed by atoms with E-state index in [1.807, 2.05) is 0 Å². The second-order valence-electron chi connectivity index (χ2n) is 3.46. The highest BCUT2D eigenvalue weighted by Gasteiger charge is 2.19. The fourth-order valence-corrected chi connectivity index (χ4v) is 1.63. The standard InChI is InChI=1S/C11H11ClN2O4/c1-5-3-6(12)4-7(9(13)15)8(5)14-10(16)11(17)18-2/h3-4H,1-2H3,(H2,13,15)(H,14,16). The minimum atomic E-state index is -1.07. The summed E-state index contributed by atoms with van der Waals surface area (Å²) in [6, 6.07) is 2.84. The van der Waals surface area contributed by atoms with Crippen molar-refractivity contribution in [1.82, 2.24) is 0 Å². The summed E-state index contributed by atoms with van der Waals surface area (Å²) in [7, 11) is 1.08. The van der Waals surface area contributed by atoms with E-state index in [4.69, 9.17) is 17.3 Å². The number of aryl methyl sites for hydroxylation is 1. The third kappa shape index (κ3) is 2.98. The molecule has 7 heteroatoms. The fraction of sp³-hybridized carbons (Fsp3) is 0.182. The highest BCUT2D eigenvalue weighted by molar-refractivity contribution is 6.38. The molecule has 0 saturated heterocycles. The maximum atomic E-state index is 11.4. The first-order valence-electron chi connectivity index (χ1n) is 4.86. The molecule has 0 bridgehead atoms. The maximum Gasteiger partial charge on any atom is 0.396 e. The number of carbonyl (C=O) groups excluding carboxylic acids is 3. The molecule has 1 aromatic rings. The average molecular weight is 271 g/mol. The van der Waals surface area contributed by atoms with Crippen LogP contribution in [0.2, 0.25) is 5.02 Å². The quantitative estimate of drug-likeness (QED) is 0.615. The number of halogens is 1. The number of hydrogen-bond acceptors (Lipinski definition) is 4. The molecule has 0 heterocycles. The molecule has 0 radical (unpaired) electrons. The summed E-state index contributed by atoms with van der Waals surface area (Å²) in [4.78, 5) is 33.6. The zero-order valence-electron chi connectivity index (χ0n) is 9.74. The Morgan fingerprint density at radius 2 is 1.94 bits per heavy atom. The monoisotopic (exact) mass is 270 g/mol. The van der Waals surface area contributed by atoms with Crippen LogP contribution in [-0.4, -0.2) is 24.9 Å². The second kappa shape index (κ2) is 5.50. The Morgan fingerprint density at radius 1 is 1.33 bits per heavy atom. The van der Waals surface area contributed by atoms with Crippen LogP contribution in [0.4, 0.5) is 5.69 Å². The summed E-state index contributed by atoms with van der Waals surface area (Å²) in [6.07, 6.45) is 0. The Balaban J connectivity index is 3.19. The van der Waals surface area contributed by atoms with Crippen LogP contribution in [0.5, 0.6) is 0 Å². The number of hydrogen-bond donors (Lipinski definition) is 2. The first kappa shape index (κ1) is 14.0. The zero-order valence-corrected chi connectivity index (χ0v) is 10.5. The van der Waals surface area contributed by atoms with E-state index in [9.17, 15) is 14.4 Å². The summed E-state index contributed by atoms with van der Waals surface area (Å²) in [6.45, 7) is 1.62. The maximum absolute atomic E-state index is 11.4. The van der Waals surface area contributed by atoms with Gasteiger partial charge in [-0.1, -0.05) is 11.6 Å². The SMILES string of the molecule is COC(=O)C(=O)Nc1c(C)cc(Cl)cc1C(N)=O. The highest BCUT2D eigenvalue weighted by Crippen LogP contribution is 2.25. The molecule has 0 aromatic heterocycles. The average Bonchev–Trinajstić information content (AvgIpc) is 2.30. The van der Waals surface area contributed by atoms with E-state index >= 15 is 0 Å². The van der Waals surface area contributed by atoms with Crippen LogP contribution < -0.4 is 11.1 Å². The molecule has 0 fully saturated rings. The van der Waals surface area contributed by atoms with Crippen molar-refractivity contribution >= 4 is 35.1 Å². The Morgan fingerprint density at radius 3 is 2.44 bits per heavy atom. The van der Waals surface area contributed by atoms with E-state index in [0.717, 1.165) is 7.11 Å². The predicted octanol–water partition coefficient (Wildman–Crippen LogP) is 0.859. The lowest BCUT2D eigenvalue weighted by atomic mass is 10.1. The van der Waals surface area contributed by atoms with Gasteiger partial charge in [0.1, 0.15) is 0 Å². The van der Waals surface area contributed by atoms with Gasteiger partial charge in [-0.25, -0.2) is 4.79 Å². The number of nitrogens with one attached hydrogen (secondary N) is 1. The zero-order chi connectivity index (χ0) is 13.9. The molecule has 1 rings (SSSR count). The van der Waals surface area contributed by atoms with Gasteiger partial charge in [-0.3, -0.25) is 9.59 Å². The van der Waals surface area contributed by atoms with E-state index in [0.29, 0.717) is 10.6 Å². The minimum Gasteiger partial charge on any atom is -0.462 e. The Kier molecular flexibility index (Phi) is 4.28. The van der Waals surface area contributed by atoms with Crippen molar-refractivity contribution in [3.63, 3.8) is 0 Å². The topological polar surface area (TPSA) is 98.5 Å². The molecule has 0 atom stereocenters. The number of ether oxygens (including phenoxy) is 1. The number of primary amides is 1. The van der Waals surface area contributed by atoms with Crippen molar-refractivity contribution in [3.05, 3.63) is 28.3 Å². The fourth-order valence-electron chi connectivity index (χ4n) is 1.36.